The normalized spacial score (nSPS) is 30.9. The Bertz CT molecular complexity index is 373. The largest absolute Gasteiger partial charge is 0.480 e. The molecule has 2 atom stereocenters. The second kappa shape index (κ2) is 5.71. The van der Waals surface area contributed by atoms with E-state index in [2.05, 4.69) is 19.2 Å². The zero-order valence-corrected chi connectivity index (χ0v) is 12.3. The lowest BCUT2D eigenvalue weighted by atomic mass is 9.77. The first-order valence-electron chi connectivity index (χ1n) is 6.78. The molecule has 2 saturated heterocycles. The van der Waals surface area contributed by atoms with Gasteiger partial charge in [-0.1, -0.05) is 13.8 Å². The van der Waals surface area contributed by atoms with Crippen LogP contribution >= 0.6 is 11.8 Å². The molecular weight excluding hydrogens is 264 g/mol. The molecule has 2 rings (SSSR count). The van der Waals surface area contributed by atoms with Crippen molar-refractivity contribution < 1.29 is 14.7 Å². The van der Waals surface area contributed by atoms with Gasteiger partial charge in [0.15, 0.2) is 0 Å². The summed E-state index contributed by atoms with van der Waals surface area (Å²) in [7, 11) is 0. The van der Waals surface area contributed by atoms with Crippen molar-refractivity contribution >= 4 is 23.6 Å². The van der Waals surface area contributed by atoms with E-state index < -0.39 is 12.0 Å². The van der Waals surface area contributed by atoms with E-state index in [1.807, 2.05) is 0 Å². The standard InChI is InChI=1S/C13H22N2O3S/c1-13(2)4-3-5-14-10(13)11(16)15-6-7-19-8-9(15)12(17)18/h9-10,14H,3-8H2,1-2H3,(H,17,18). The molecule has 0 aromatic carbocycles. The summed E-state index contributed by atoms with van der Waals surface area (Å²) in [6.07, 6.45) is 2.06. The van der Waals surface area contributed by atoms with Gasteiger partial charge in [0.1, 0.15) is 6.04 Å². The van der Waals surface area contributed by atoms with Gasteiger partial charge in [0.05, 0.1) is 6.04 Å². The van der Waals surface area contributed by atoms with E-state index in [1.54, 1.807) is 16.7 Å². The van der Waals surface area contributed by atoms with E-state index >= 15 is 0 Å². The summed E-state index contributed by atoms with van der Waals surface area (Å²) >= 11 is 1.60. The van der Waals surface area contributed by atoms with Crippen LogP contribution in [0.2, 0.25) is 0 Å². The lowest BCUT2D eigenvalue weighted by Crippen LogP contribution is -2.61. The fraction of sp³-hybridized carbons (Fsp3) is 0.846. The fourth-order valence-electron chi connectivity index (χ4n) is 2.87. The van der Waals surface area contributed by atoms with E-state index in [9.17, 15) is 14.7 Å². The Morgan fingerprint density at radius 1 is 1.42 bits per heavy atom. The highest BCUT2D eigenvalue weighted by molar-refractivity contribution is 7.99. The van der Waals surface area contributed by atoms with Crippen molar-refractivity contribution in [3.63, 3.8) is 0 Å². The molecule has 0 saturated carbocycles. The van der Waals surface area contributed by atoms with Gasteiger partial charge < -0.3 is 15.3 Å². The zero-order chi connectivity index (χ0) is 14.0. The van der Waals surface area contributed by atoms with E-state index in [0.717, 1.165) is 25.1 Å². The van der Waals surface area contributed by atoms with Gasteiger partial charge in [0, 0.05) is 18.1 Å². The van der Waals surface area contributed by atoms with Crippen molar-refractivity contribution in [2.75, 3.05) is 24.6 Å². The lowest BCUT2D eigenvalue weighted by molar-refractivity contribution is -0.151. The number of carbonyl (C=O) groups excluding carboxylic acids is 1. The molecule has 0 aliphatic carbocycles. The Hall–Kier alpha value is -0.750. The number of carbonyl (C=O) groups is 2. The second-order valence-corrected chi connectivity index (χ2v) is 7.09. The molecule has 0 aromatic rings. The summed E-state index contributed by atoms with van der Waals surface area (Å²) in [6.45, 7) is 5.53. The number of nitrogens with zero attached hydrogens (tertiary/aromatic N) is 1. The number of thioether (sulfide) groups is 1. The monoisotopic (exact) mass is 286 g/mol. The summed E-state index contributed by atoms with van der Waals surface area (Å²) in [5, 5.41) is 12.5. The maximum absolute atomic E-state index is 12.7. The Balaban J connectivity index is 2.14. The highest BCUT2D eigenvalue weighted by Crippen LogP contribution is 2.32. The predicted octanol–water partition coefficient (Wildman–Crippen LogP) is 0.793. The number of aliphatic carboxylic acids is 1. The van der Waals surface area contributed by atoms with E-state index in [1.165, 1.54) is 0 Å². The van der Waals surface area contributed by atoms with Crippen LogP contribution in [-0.4, -0.2) is 58.6 Å². The smallest absolute Gasteiger partial charge is 0.327 e. The highest BCUT2D eigenvalue weighted by atomic mass is 32.2. The number of carboxylic acid groups (broad SMARTS) is 1. The summed E-state index contributed by atoms with van der Waals surface area (Å²) in [4.78, 5) is 25.5. The first kappa shape index (κ1) is 14.7. The number of hydrogen-bond donors (Lipinski definition) is 2. The van der Waals surface area contributed by atoms with Crippen LogP contribution in [0.5, 0.6) is 0 Å². The van der Waals surface area contributed by atoms with E-state index in [4.69, 9.17) is 0 Å². The van der Waals surface area contributed by atoms with Gasteiger partial charge in [-0.15, -0.1) is 0 Å². The molecule has 108 valence electrons. The van der Waals surface area contributed by atoms with Gasteiger partial charge in [-0.05, 0) is 24.8 Å². The molecule has 1 amide bonds. The number of nitrogens with one attached hydrogen (secondary N) is 1. The third-order valence-corrected chi connectivity index (χ3v) is 5.09. The number of amides is 1. The Morgan fingerprint density at radius 3 is 2.79 bits per heavy atom. The molecule has 2 fully saturated rings. The number of carboxylic acids is 1. The molecule has 2 aliphatic rings. The Morgan fingerprint density at radius 2 is 2.16 bits per heavy atom. The van der Waals surface area contributed by atoms with Crippen LogP contribution in [0.25, 0.3) is 0 Å². The van der Waals surface area contributed by atoms with Gasteiger partial charge in [-0.25, -0.2) is 4.79 Å². The van der Waals surface area contributed by atoms with Crippen LogP contribution in [0.4, 0.5) is 0 Å². The van der Waals surface area contributed by atoms with Crippen LogP contribution in [0, 0.1) is 5.41 Å². The molecule has 0 aromatic heterocycles. The molecular formula is C13H22N2O3S. The summed E-state index contributed by atoms with van der Waals surface area (Å²) in [6, 6.07) is -0.933. The molecule has 2 heterocycles. The van der Waals surface area contributed by atoms with Gasteiger partial charge in [-0.3, -0.25) is 4.79 Å². The Kier molecular flexibility index (Phi) is 4.40. The van der Waals surface area contributed by atoms with Gasteiger partial charge in [0.25, 0.3) is 0 Å². The lowest BCUT2D eigenvalue weighted by Gasteiger charge is -2.43. The van der Waals surface area contributed by atoms with Crippen molar-refractivity contribution in [1.82, 2.24) is 10.2 Å². The van der Waals surface area contributed by atoms with Crippen LogP contribution in [-0.2, 0) is 9.59 Å². The third kappa shape index (κ3) is 3.05. The minimum Gasteiger partial charge on any atom is -0.480 e. The van der Waals surface area contributed by atoms with Crippen LogP contribution in [0.3, 0.4) is 0 Å². The maximum Gasteiger partial charge on any atom is 0.327 e. The van der Waals surface area contributed by atoms with Crippen molar-refractivity contribution in [2.24, 2.45) is 5.41 Å². The van der Waals surface area contributed by atoms with E-state index in [0.29, 0.717) is 12.3 Å². The van der Waals surface area contributed by atoms with Crippen molar-refractivity contribution in [3.05, 3.63) is 0 Å². The first-order chi connectivity index (χ1) is 8.93. The minimum atomic E-state index is -0.894. The highest BCUT2D eigenvalue weighted by Gasteiger charge is 2.42. The fourth-order valence-corrected chi connectivity index (χ4v) is 3.91. The molecule has 0 bridgehead atoms. The molecule has 5 nitrogen and oxygen atoms in total. The van der Waals surface area contributed by atoms with Crippen molar-refractivity contribution in [2.45, 2.75) is 38.8 Å². The summed E-state index contributed by atoms with van der Waals surface area (Å²) in [5.74, 6) is 0.378. The van der Waals surface area contributed by atoms with Crippen LogP contribution < -0.4 is 5.32 Å². The van der Waals surface area contributed by atoms with Gasteiger partial charge >= 0.3 is 5.97 Å². The molecule has 6 heteroatoms. The zero-order valence-electron chi connectivity index (χ0n) is 11.5. The number of piperidine rings is 1. The van der Waals surface area contributed by atoms with E-state index in [-0.39, 0.29) is 17.4 Å². The SMILES string of the molecule is CC1(C)CCCNC1C(=O)N1CCSCC1C(=O)O. The summed E-state index contributed by atoms with van der Waals surface area (Å²) in [5.41, 5.74) is -0.108. The molecule has 2 unspecified atom stereocenters. The molecule has 19 heavy (non-hydrogen) atoms. The molecule has 2 N–H and O–H groups in total. The van der Waals surface area contributed by atoms with Crippen LogP contribution in [0.1, 0.15) is 26.7 Å². The van der Waals surface area contributed by atoms with Crippen molar-refractivity contribution in [3.8, 4) is 0 Å². The predicted molar refractivity (Wildman–Crippen MR) is 75.3 cm³/mol. The molecule has 0 spiro atoms. The average molecular weight is 286 g/mol. The maximum atomic E-state index is 12.7. The quantitative estimate of drug-likeness (QED) is 0.785. The second-order valence-electron chi connectivity index (χ2n) is 5.94. The third-order valence-electron chi connectivity index (χ3n) is 4.07. The summed E-state index contributed by atoms with van der Waals surface area (Å²) < 4.78 is 0. The average Bonchev–Trinajstić information content (AvgIpc) is 2.37. The van der Waals surface area contributed by atoms with Crippen LogP contribution in [0.15, 0.2) is 0 Å². The first-order valence-corrected chi connectivity index (χ1v) is 7.93. The van der Waals surface area contributed by atoms with Gasteiger partial charge in [0.2, 0.25) is 5.91 Å². The van der Waals surface area contributed by atoms with Crippen molar-refractivity contribution in [1.29, 1.82) is 0 Å². The molecule has 2 aliphatic heterocycles. The minimum absolute atomic E-state index is 0.0441. The van der Waals surface area contributed by atoms with Gasteiger partial charge in [-0.2, -0.15) is 11.8 Å². The molecule has 0 radical (unpaired) electrons. The number of hydrogen-bond acceptors (Lipinski definition) is 4. The topological polar surface area (TPSA) is 69.6 Å². The number of rotatable bonds is 2. The Labute approximate surface area is 118 Å².